The van der Waals surface area contributed by atoms with Crippen LogP contribution in [0.3, 0.4) is 0 Å². The summed E-state index contributed by atoms with van der Waals surface area (Å²) in [6, 6.07) is 6.65. The van der Waals surface area contributed by atoms with Gasteiger partial charge in [-0.25, -0.2) is 0 Å². The summed E-state index contributed by atoms with van der Waals surface area (Å²) in [5, 5.41) is 9.34. The van der Waals surface area contributed by atoms with E-state index in [1.54, 1.807) is 19.1 Å². The van der Waals surface area contributed by atoms with Gasteiger partial charge in [-0.1, -0.05) is 23.2 Å². The average molecular weight is 287 g/mol. The molecule has 0 spiro atoms. The van der Waals surface area contributed by atoms with E-state index in [1.165, 1.54) is 18.0 Å². The van der Waals surface area contributed by atoms with E-state index < -0.39 is 6.10 Å². The van der Waals surface area contributed by atoms with E-state index in [0.29, 0.717) is 15.8 Å². The number of likely N-dealkylation sites (N-methyl/N-ethyl adjacent to an activating group) is 1. The second-order valence-corrected chi connectivity index (χ2v) is 4.53. The zero-order valence-corrected chi connectivity index (χ0v) is 11.5. The van der Waals surface area contributed by atoms with E-state index in [2.05, 4.69) is 0 Å². The molecule has 0 aliphatic heterocycles. The van der Waals surface area contributed by atoms with Crippen LogP contribution in [0.15, 0.2) is 18.2 Å². The summed E-state index contributed by atoms with van der Waals surface area (Å²) in [6.07, 6.45) is -0.720. The summed E-state index contributed by atoms with van der Waals surface area (Å²) in [5.41, 5.74) is 0. The van der Waals surface area contributed by atoms with Gasteiger partial charge in [0.2, 0.25) is 0 Å². The number of carbonyl (C=O) groups is 1. The molecule has 18 heavy (non-hydrogen) atoms. The van der Waals surface area contributed by atoms with Gasteiger partial charge < -0.3 is 9.64 Å². The number of nitrogens with zero attached hydrogens (tertiary/aromatic N) is 2. The molecule has 4 nitrogen and oxygen atoms in total. The normalized spacial score (nSPS) is 11.5. The number of hydrogen-bond acceptors (Lipinski definition) is 3. The Morgan fingerprint density at radius 3 is 2.78 bits per heavy atom. The van der Waals surface area contributed by atoms with Gasteiger partial charge >= 0.3 is 0 Å². The first kappa shape index (κ1) is 14.6. The molecule has 0 aromatic heterocycles. The molecule has 0 saturated heterocycles. The van der Waals surface area contributed by atoms with E-state index in [-0.39, 0.29) is 12.5 Å². The smallest absolute Gasteiger partial charge is 0.263 e. The molecule has 0 aliphatic rings. The van der Waals surface area contributed by atoms with Crippen LogP contribution in [0, 0.1) is 11.3 Å². The lowest BCUT2D eigenvalue weighted by Gasteiger charge is -2.20. The largest absolute Gasteiger partial charge is 0.479 e. The number of nitriles is 1. The van der Waals surface area contributed by atoms with Crippen molar-refractivity contribution in [2.75, 3.05) is 13.6 Å². The van der Waals surface area contributed by atoms with Gasteiger partial charge in [0, 0.05) is 12.1 Å². The van der Waals surface area contributed by atoms with Crippen molar-refractivity contribution in [1.82, 2.24) is 4.90 Å². The Bertz CT molecular complexity index is 485. The molecule has 1 amide bonds. The number of ether oxygens (including phenoxy) is 1. The van der Waals surface area contributed by atoms with E-state index >= 15 is 0 Å². The highest BCUT2D eigenvalue weighted by Crippen LogP contribution is 2.28. The zero-order valence-electron chi connectivity index (χ0n) is 9.98. The van der Waals surface area contributed by atoms with Crippen molar-refractivity contribution >= 4 is 29.1 Å². The number of rotatable bonds is 4. The van der Waals surface area contributed by atoms with Crippen LogP contribution in [-0.4, -0.2) is 30.5 Å². The molecule has 1 aromatic rings. The second-order valence-electron chi connectivity index (χ2n) is 3.69. The van der Waals surface area contributed by atoms with E-state index in [4.69, 9.17) is 33.2 Å². The molecule has 96 valence electrons. The highest BCUT2D eigenvalue weighted by atomic mass is 35.5. The Hall–Kier alpha value is -1.44. The maximum atomic E-state index is 11.8. The molecular formula is C12H12Cl2N2O2. The van der Waals surface area contributed by atoms with Crippen LogP contribution in [-0.2, 0) is 4.79 Å². The number of halogens is 2. The third kappa shape index (κ3) is 3.80. The standard InChI is InChI=1S/C12H12Cl2N2O2/c1-8(12(17)16(2)6-5-15)18-11-4-3-9(13)7-10(11)14/h3-4,7-8H,6H2,1-2H3. The van der Waals surface area contributed by atoms with Gasteiger partial charge in [-0.3, -0.25) is 4.79 Å². The van der Waals surface area contributed by atoms with Crippen LogP contribution < -0.4 is 4.74 Å². The molecular weight excluding hydrogens is 275 g/mol. The van der Waals surface area contributed by atoms with Gasteiger partial charge in [0.1, 0.15) is 12.3 Å². The first-order valence-electron chi connectivity index (χ1n) is 5.19. The molecule has 0 aliphatic carbocycles. The summed E-state index contributed by atoms with van der Waals surface area (Å²) in [5.74, 6) is 0.0924. The average Bonchev–Trinajstić information content (AvgIpc) is 2.32. The molecule has 1 rings (SSSR count). The van der Waals surface area contributed by atoms with Crippen molar-refractivity contribution in [3.63, 3.8) is 0 Å². The van der Waals surface area contributed by atoms with Crippen molar-refractivity contribution in [3.8, 4) is 11.8 Å². The summed E-state index contributed by atoms with van der Waals surface area (Å²) < 4.78 is 5.44. The predicted molar refractivity (Wildman–Crippen MR) is 69.8 cm³/mol. The molecule has 1 aromatic carbocycles. The van der Waals surface area contributed by atoms with Crippen molar-refractivity contribution in [1.29, 1.82) is 5.26 Å². The quantitative estimate of drug-likeness (QED) is 0.800. The summed E-state index contributed by atoms with van der Waals surface area (Å²) >= 11 is 11.7. The van der Waals surface area contributed by atoms with Gasteiger partial charge in [0.15, 0.2) is 6.10 Å². The van der Waals surface area contributed by atoms with Crippen molar-refractivity contribution < 1.29 is 9.53 Å². The lowest BCUT2D eigenvalue weighted by molar-refractivity contribution is -0.135. The molecule has 1 atom stereocenters. The van der Waals surface area contributed by atoms with Crippen molar-refractivity contribution in [2.24, 2.45) is 0 Å². The molecule has 0 radical (unpaired) electrons. The molecule has 0 bridgehead atoms. The maximum Gasteiger partial charge on any atom is 0.263 e. The molecule has 6 heteroatoms. The zero-order chi connectivity index (χ0) is 13.7. The van der Waals surface area contributed by atoms with Gasteiger partial charge in [-0.05, 0) is 25.1 Å². The minimum absolute atomic E-state index is 0.0148. The number of amides is 1. The highest BCUT2D eigenvalue weighted by Gasteiger charge is 2.19. The van der Waals surface area contributed by atoms with E-state index in [1.807, 2.05) is 6.07 Å². The molecule has 0 saturated carbocycles. The lowest BCUT2D eigenvalue weighted by Crippen LogP contribution is -2.38. The topological polar surface area (TPSA) is 53.3 Å². The number of benzene rings is 1. The van der Waals surface area contributed by atoms with Crippen molar-refractivity contribution in [3.05, 3.63) is 28.2 Å². The fourth-order valence-corrected chi connectivity index (χ4v) is 1.76. The first-order chi connectivity index (χ1) is 8.45. The molecule has 1 unspecified atom stereocenters. The van der Waals surface area contributed by atoms with E-state index in [9.17, 15) is 4.79 Å². The van der Waals surface area contributed by atoms with Crippen LogP contribution in [0.4, 0.5) is 0 Å². The van der Waals surface area contributed by atoms with Crippen LogP contribution in [0.2, 0.25) is 10.0 Å². The summed E-state index contributed by atoms with van der Waals surface area (Å²) in [7, 11) is 1.54. The van der Waals surface area contributed by atoms with Gasteiger partial charge in [-0.2, -0.15) is 5.26 Å². The Kier molecular flexibility index (Phi) is 5.26. The number of hydrogen-bond donors (Lipinski definition) is 0. The van der Waals surface area contributed by atoms with Crippen LogP contribution in [0.5, 0.6) is 5.75 Å². The van der Waals surface area contributed by atoms with Crippen LogP contribution >= 0.6 is 23.2 Å². The van der Waals surface area contributed by atoms with Gasteiger partial charge in [0.25, 0.3) is 5.91 Å². The fourth-order valence-electron chi connectivity index (χ4n) is 1.31. The molecule has 0 fully saturated rings. The third-order valence-electron chi connectivity index (χ3n) is 2.23. The fraction of sp³-hybridized carbons (Fsp3) is 0.333. The lowest BCUT2D eigenvalue weighted by atomic mass is 10.3. The third-order valence-corrected chi connectivity index (χ3v) is 2.76. The minimum Gasteiger partial charge on any atom is -0.479 e. The van der Waals surface area contributed by atoms with Crippen molar-refractivity contribution in [2.45, 2.75) is 13.0 Å². The SMILES string of the molecule is CC(Oc1ccc(Cl)cc1Cl)C(=O)N(C)CC#N. The Morgan fingerprint density at radius 2 is 2.22 bits per heavy atom. The number of carbonyl (C=O) groups excluding carboxylic acids is 1. The van der Waals surface area contributed by atoms with Crippen LogP contribution in [0.25, 0.3) is 0 Å². The van der Waals surface area contributed by atoms with Gasteiger partial charge in [-0.15, -0.1) is 0 Å². The van der Waals surface area contributed by atoms with Gasteiger partial charge in [0.05, 0.1) is 11.1 Å². The van der Waals surface area contributed by atoms with Crippen LogP contribution in [0.1, 0.15) is 6.92 Å². The first-order valence-corrected chi connectivity index (χ1v) is 5.95. The predicted octanol–water partition coefficient (Wildman–Crippen LogP) is 2.74. The Balaban J connectivity index is 2.73. The Labute approximate surface area is 116 Å². The Morgan fingerprint density at radius 1 is 1.56 bits per heavy atom. The summed E-state index contributed by atoms with van der Waals surface area (Å²) in [6.45, 7) is 1.61. The van der Waals surface area contributed by atoms with E-state index in [0.717, 1.165) is 0 Å². The maximum absolute atomic E-state index is 11.8. The second kappa shape index (κ2) is 6.48. The highest BCUT2D eigenvalue weighted by molar-refractivity contribution is 6.35. The molecule has 0 N–H and O–H groups in total. The monoisotopic (exact) mass is 286 g/mol. The molecule has 0 heterocycles. The summed E-state index contributed by atoms with van der Waals surface area (Å²) in [4.78, 5) is 13.1. The minimum atomic E-state index is -0.720.